The summed E-state index contributed by atoms with van der Waals surface area (Å²) in [4.78, 5) is 22.7. The van der Waals surface area contributed by atoms with E-state index in [4.69, 9.17) is 9.47 Å². The van der Waals surface area contributed by atoms with Gasteiger partial charge in [0.1, 0.15) is 6.10 Å². The zero-order chi connectivity index (χ0) is 11.5. The molecule has 0 unspecified atom stereocenters. The summed E-state index contributed by atoms with van der Waals surface area (Å²) in [5, 5.41) is 0. The van der Waals surface area contributed by atoms with Gasteiger partial charge in [-0.2, -0.15) is 0 Å². The van der Waals surface area contributed by atoms with Gasteiger partial charge in [0.05, 0.1) is 12.5 Å². The maximum absolute atomic E-state index is 11.4. The molecule has 2 fully saturated rings. The molecule has 0 aliphatic carbocycles. The molecule has 2 saturated heterocycles. The summed E-state index contributed by atoms with van der Waals surface area (Å²) < 4.78 is 9.99. The first-order valence-electron chi connectivity index (χ1n) is 5.73. The van der Waals surface area contributed by atoms with Crippen molar-refractivity contribution < 1.29 is 19.1 Å². The minimum Gasteiger partial charge on any atom is -0.465 e. The fourth-order valence-corrected chi connectivity index (χ4v) is 2.10. The van der Waals surface area contributed by atoms with Gasteiger partial charge in [-0.3, -0.25) is 4.79 Å². The minimum absolute atomic E-state index is 0.0305. The van der Waals surface area contributed by atoms with Crippen LogP contribution in [0.15, 0.2) is 11.6 Å². The number of carbonyl (C=O) groups excluding carboxylic acids is 2. The van der Waals surface area contributed by atoms with Crippen LogP contribution in [-0.2, 0) is 19.1 Å². The van der Waals surface area contributed by atoms with Crippen LogP contribution in [0.2, 0.25) is 0 Å². The topological polar surface area (TPSA) is 52.6 Å². The molecule has 0 aromatic heterocycles. The van der Waals surface area contributed by atoms with Crippen LogP contribution in [0.3, 0.4) is 0 Å². The molecule has 2 atom stereocenters. The molecular formula is C12H16O4. The van der Waals surface area contributed by atoms with E-state index < -0.39 is 0 Å². The van der Waals surface area contributed by atoms with Crippen LogP contribution in [0.4, 0.5) is 0 Å². The number of cyclic esters (lactones) is 2. The Morgan fingerprint density at radius 1 is 1.44 bits per heavy atom. The molecular weight excluding hydrogens is 208 g/mol. The average molecular weight is 224 g/mol. The van der Waals surface area contributed by atoms with Crippen molar-refractivity contribution in [2.75, 3.05) is 6.61 Å². The van der Waals surface area contributed by atoms with E-state index in [0.29, 0.717) is 25.0 Å². The molecule has 4 nitrogen and oxygen atoms in total. The molecule has 0 N–H and O–H groups in total. The second-order valence-corrected chi connectivity index (χ2v) is 4.39. The number of ether oxygens (including phenoxy) is 2. The van der Waals surface area contributed by atoms with Gasteiger partial charge >= 0.3 is 11.9 Å². The third-order valence-electron chi connectivity index (χ3n) is 3.00. The Hall–Kier alpha value is -1.32. The lowest BCUT2D eigenvalue weighted by Gasteiger charge is -2.19. The highest BCUT2D eigenvalue weighted by molar-refractivity contribution is 5.90. The smallest absolute Gasteiger partial charge is 0.334 e. The van der Waals surface area contributed by atoms with Crippen LogP contribution in [0.1, 0.15) is 32.6 Å². The summed E-state index contributed by atoms with van der Waals surface area (Å²) in [5.74, 6) is -0.454. The van der Waals surface area contributed by atoms with E-state index in [1.54, 1.807) is 0 Å². The van der Waals surface area contributed by atoms with Crippen molar-refractivity contribution in [1.82, 2.24) is 0 Å². The van der Waals surface area contributed by atoms with Gasteiger partial charge in [-0.05, 0) is 26.2 Å². The van der Waals surface area contributed by atoms with E-state index in [1.165, 1.54) is 0 Å². The van der Waals surface area contributed by atoms with Gasteiger partial charge in [0.2, 0.25) is 0 Å². The standard InChI is InChI=1S/C12H16O4/c1-8-7-10(12(14)16-8)5-4-9-3-2-6-15-11(9)13/h5,8-9H,2-4,6-7H2,1H3/b10-5+/t8-,9+/m1/s1. The van der Waals surface area contributed by atoms with Crippen LogP contribution < -0.4 is 0 Å². The molecule has 4 heteroatoms. The van der Waals surface area contributed by atoms with Gasteiger partial charge < -0.3 is 9.47 Å². The molecule has 2 aliphatic heterocycles. The van der Waals surface area contributed by atoms with E-state index in [9.17, 15) is 9.59 Å². The summed E-state index contributed by atoms with van der Waals surface area (Å²) in [7, 11) is 0. The molecule has 0 bridgehead atoms. The largest absolute Gasteiger partial charge is 0.465 e. The summed E-state index contributed by atoms with van der Waals surface area (Å²) in [6.45, 7) is 2.40. The van der Waals surface area contributed by atoms with Crippen LogP contribution >= 0.6 is 0 Å². The van der Waals surface area contributed by atoms with E-state index in [-0.39, 0.29) is 24.0 Å². The average Bonchev–Trinajstić information content (AvgIpc) is 2.56. The fourth-order valence-electron chi connectivity index (χ4n) is 2.10. The van der Waals surface area contributed by atoms with Crippen LogP contribution in [0, 0.1) is 5.92 Å². The summed E-state index contributed by atoms with van der Waals surface area (Å²) >= 11 is 0. The zero-order valence-corrected chi connectivity index (χ0v) is 9.40. The predicted molar refractivity (Wildman–Crippen MR) is 56.6 cm³/mol. The van der Waals surface area contributed by atoms with Gasteiger partial charge in [0, 0.05) is 12.0 Å². The molecule has 0 aromatic carbocycles. The fraction of sp³-hybridized carbons (Fsp3) is 0.667. The van der Waals surface area contributed by atoms with Gasteiger partial charge in [-0.1, -0.05) is 6.08 Å². The molecule has 0 aromatic rings. The van der Waals surface area contributed by atoms with Gasteiger partial charge in [-0.25, -0.2) is 4.79 Å². The highest BCUT2D eigenvalue weighted by Gasteiger charge is 2.27. The van der Waals surface area contributed by atoms with E-state index >= 15 is 0 Å². The normalized spacial score (nSPS) is 32.7. The monoisotopic (exact) mass is 224 g/mol. The maximum Gasteiger partial charge on any atom is 0.334 e. The van der Waals surface area contributed by atoms with Crippen LogP contribution in [0.5, 0.6) is 0 Å². The number of allylic oxidation sites excluding steroid dienone is 1. The molecule has 0 radical (unpaired) electrons. The Balaban J connectivity index is 1.92. The van der Waals surface area contributed by atoms with Crippen molar-refractivity contribution in [3.63, 3.8) is 0 Å². The number of carbonyl (C=O) groups is 2. The molecule has 0 spiro atoms. The lowest BCUT2D eigenvalue weighted by atomic mass is 9.96. The molecule has 88 valence electrons. The van der Waals surface area contributed by atoms with Gasteiger partial charge in [-0.15, -0.1) is 0 Å². The van der Waals surface area contributed by atoms with Gasteiger partial charge in [0.15, 0.2) is 0 Å². The second kappa shape index (κ2) is 4.68. The van der Waals surface area contributed by atoms with E-state index in [1.807, 2.05) is 13.0 Å². The van der Waals surface area contributed by atoms with E-state index in [2.05, 4.69) is 0 Å². The Labute approximate surface area is 94.6 Å². The predicted octanol–water partition coefficient (Wildman–Crippen LogP) is 1.59. The summed E-state index contributed by atoms with van der Waals surface area (Å²) in [6.07, 6.45) is 4.82. The number of rotatable bonds is 2. The Morgan fingerprint density at radius 2 is 2.25 bits per heavy atom. The highest BCUT2D eigenvalue weighted by Crippen LogP contribution is 2.24. The van der Waals surface area contributed by atoms with Crippen molar-refractivity contribution in [2.24, 2.45) is 5.92 Å². The van der Waals surface area contributed by atoms with Crippen molar-refractivity contribution >= 4 is 11.9 Å². The summed E-state index contributed by atoms with van der Waals surface area (Å²) in [5.41, 5.74) is 0.700. The van der Waals surface area contributed by atoms with Crippen molar-refractivity contribution in [2.45, 2.75) is 38.7 Å². The quantitative estimate of drug-likeness (QED) is 0.528. The molecule has 2 heterocycles. The lowest BCUT2D eigenvalue weighted by Crippen LogP contribution is -2.23. The first-order valence-corrected chi connectivity index (χ1v) is 5.73. The number of esters is 2. The van der Waals surface area contributed by atoms with Crippen LogP contribution in [-0.4, -0.2) is 24.6 Å². The third-order valence-corrected chi connectivity index (χ3v) is 3.00. The number of hydrogen-bond acceptors (Lipinski definition) is 4. The molecule has 0 saturated carbocycles. The Morgan fingerprint density at radius 3 is 2.88 bits per heavy atom. The lowest BCUT2D eigenvalue weighted by molar-refractivity contribution is -0.152. The number of hydrogen-bond donors (Lipinski definition) is 0. The molecule has 16 heavy (non-hydrogen) atoms. The maximum atomic E-state index is 11.4. The minimum atomic E-state index is -0.239. The van der Waals surface area contributed by atoms with Crippen LogP contribution in [0.25, 0.3) is 0 Å². The SMILES string of the molecule is C[C@@H]1C/C(=C\C[C@@H]2CCCOC2=O)C(=O)O1. The van der Waals surface area contributed by atoms with Gasteiger partial charge in [0.25, 0.3) is 0 Å². The third kappa shape index (κ3) is 2.43. The Kier molecular flexibility index (Phi) is 3.27. The van der Waals surface area contributed by atoms with E-state index in [0.717, 1.165) is 12.8 Å². The molecule has 2 aliphatic rings. The molecule has 0 amide bonds. The summed E-state index contributed by atoms with van der Waals surface area (Å²) in [6, 6.07) is 0. The van der Waals surface area contributed by atoms with Crippen molar-refractivity contribution in [3.05, 3.63) is 11.6 Å². The first kappa shape index (κ1) is 11.2. The molecule has 2 rings (SSSR count). The second-order valence-electron chi connectivity index (χ2n) is 4.39. The van der Waals surface area contributed by atoms with Crippen molar-refractivity contribution in [1.29, 1.82) is 0 Å². The Bertz CT molecular complexity index is 332. The highest BCUT2D eigenvalue weighted by atomic mass is 16.5. The van der Waals surface area contributed by atoms with Crippen molar-refractivity contribution in [3.8, 4) is 0 Å². The zero-order valence-electron chi connectivity index (χ0n) is 9.40. The first-order chi connectivity index (χ1) is 7.66.